The lowest BCUT2D eigenvalue weighted by atomic mass is 10.3. The van der Waals surface area contributed by atoms with Gasteiger partial charge in [-0.2, -0.15) is 18.3 Å². The van der Waals surface area contributed by atoms with E-state index < -0.39 is 11.9 Å². The van der Waals surface area contributed by atoms with Gasteiger partial charge in [0.15, 0.2) is 5.69 Å². The number of alkyl halides is 3. The Morgan fingerprint density at radius 1 is 1.31 bits per heavy atom. The van der Waals surface area contributed by atoms with Crippen LogP contribution in [0.5, 0.6) is 0 Å². The number of thiophene rings is 1. The molecule has 0 radical (unpaired) electrons. The van der Waals surface area contributed by atoms with Gasteiger partial charge in [-0.15, -0.1) is 11.3 Å². The zero-order valence-corrected chi connectivity index (χ0v) is 9.05. The third-order valence-electron chi connectivity index (χ3n) is 2.10. The Morgan fingerprint density at radius 3 is 2.69 bits per heavy atom. The van der Waals surface area contributed by atoms with Gasteiger partial charge < -0.3 is 0 Å². The van der Waals surface area contributed by atoms with Gasteiger partial charge in [-0.3, -0.25) is 4.68 Å². The fourth-order valence-corrected chi connectivity index (χ4v) is 2.02. The Bertz CT molecular complexity index is 445. The van der Waals surface area contributed by atoms with Crippen LogP contribution in [0.25, 0.3) is 0 Å². The molecule has 2 rings (SSSR count). The molecule has 0 fully saturated rings. The van der Waals surface area contributed by atoms with Crippen LogP contribution < -0.4 is 0 Å². The number of rotatable bonds is 3. The number of nitrogens with zero attached hydrogens (tertiary/aromatic N) is 2. The van der Waals surface area contributed by atoms with Crippen LogP contribution in [0, 0.1) is 0 Å². The highest BCUT2D eigenvalue weighted by Crippen LogP contribution is 2.27. The van der Waals surface area contributed by atoms with Crippen molar-refractivity contribution in [3.63, 3.8) is 0 Å². The zero-order valence-electron chi connectivity index (χ0n) is 8.24. The highest BCUT2D eigenvalue weighted by molar-refractivity contribution is 7.09. The van der Waals surface area contributed by atoms with Crippen LogP contribution in [-0.4, -0.2) is 9.78 Å². The molecule has 0 N–H and O–H groups in total. The van der Waals surface area contributed by atoms with Crippen LogP contribution >= 0.6 is 11.3 Å². The number of hydrogen-bond acceptors (Lipinski definition) is 2. The van der Waals surface area contributed by atoms with Gasteiger partial charge in [0, 0.05) is 24.0 Å². The lowest BCUT2D eigenvalue weighted by Crippen LogP contribution is -2.08. The molecule has 0 spiro atoms. The van der Waals surface area contributed by atoms with Gasteiger partial charge in [0.2, 0.25) is 0 Å². The Balaban J connectivity index is 1.98. The molecule has 0 aliphatic carbocycles. The van der Waals surface area contributed by atoms with Crippen LogP contribution in [-0.2, 0) is 19.1 Å². The van der Waals surface area contributed by atoms with E-state index in [2.05, 4.69) is 5.10 Å². The molecule has 2 aromatic rings. The first-order chi connectivity index (χ1) is 7.55. The van der Waals surface area contributed by atoms with Crippen LogP contribution in [0.2, 0.25) is 0 Å². The SMILES string of the molecule is FC(F)(F)c1ccn(CCc2cccs2)n1. The molecule has 2 nitrogen and oxygen atoms in total. The standard InChI is InChI=1S/C10H9F3N2S/c11-10(12,13)9-4-6-15(14-9)5-3-8-2-1-7-16-8/h1-2,4,6-7H,3,5H2. The first kappa shape index (κ1) is 11.2. The van der Waals surface area contributed by atoms with E-state index in [-0.39, 0.29) is 0 Å². The van der Waals surface area contributed by atoms with Gasteiger partial charge in [-0.25, -0.2) is 0 Å². The maximum absolute atomic E-state index is 12.2. The summed E-state index contributed by atoms with van der Waals surface area (Å²) >= 11 is 1.59. The Morgan fingerprint density at radius 2 is 2.12 bits per heavy atom. The molecule has 16 heavy (non-hydrogen) atoms. The predicted molar refractivity (Wildman–Crippen MR) is 55.3 cm³/mol. The average molecular weight is 246 g/mol. The third-order valence-corrected chi connectivity index (χ3v) is 3.03. The summed E-state index contributed by atoms with van der Waals surface area (Å²) in [5.74, 6) is 0. The molecule has 0 bridgehead atoms. The fraction of sp³-hybridized carbons (Fsp3) is 0.300. The number of hydrogen-bond donors (Lipinski definition) is 0. The second-order valence-electron chi connectivity index (χ2n) is 3.29. The van der Waals surface area contributed by atoms with Crippen molar-refractivity contribution in [2.45, 2.75) is 19.1 Å². The predicted octanol–water partition coefficient (Wildman–Crippen LogP) is 3.21. The van der Waals surface area contributed by atoms with Crippen molar-refractivity contribution in [2.24, 2.45) is 0 Å². The van der Waals surface area contributed by atoms with Crippen molar-refractivity contribution in [1.29, 1.82) is 0 Å². The van der Waals surface area contributed by atoms with E-state index in [0.29, 0.717) is 13.0 Å². The molecule has 6 heteroatoms. The van der Waals surface area contributed by atoms with E-state index in [1.165, 1.54) is 10.9 Å². The van der Waals surface area contributed by atoms with Gasteiger partial charge in [-0.05, 0) is 17.5 Å². The van der Waals surface area contributed by atoms with Crippen molar-refractivity contribution < 1.29 is 13.2 Å². The van der Waals surface area contributed by atoms with Crippen LogP contribution in [0.15, 0.2) is 29.8 Å². The highest BCUT2D eigenvalue weighted by Gasteiger charge is 2.33. The highest BCUT2D eigenvalue weighted by atomic mass is 32.1. The zero-order chi connectivity index (χ0) is 11.6. The monoisotopic (exact) mass is 246 g/mol. The second-order valence-corrected chi connectivity index (χ2v) is 4.32. The lowest BCUT2D eigenvalue weighted by molar-refractivity contribution is -0.141. The molecule has 0 saturated heterocycles. The van der Waals surface area contributed by atoms with E-state index in [0.717, 1.165) is 10.9 Å². The Labute approximate surface area is 94.3 Å². The summed E-state index contributed by atoms with van der Waals surface area (Å²) in [6, 6.07) is 4.87. The van der Waals surface area contributed by atoms with Crippen molar-refractivity contribution in [2.75, 3.05) is 0 Å². The molecule has 0 saturated carbocycles. The van der Waals surface area contributed by atoms with Crippen LogP contribution in [0.1, 0.15) is 10.6 Å². The molecule has 0 atom stereocenters. The normalized spacial score (nSPS) is 11.9. The van der Waals surface area contributed by atoms with E-state index in [4.69, 9.17) is 0 Å². The second kappa shape index (κ2) is 4.29. The van der Waals surface area contributed by atoms with Crippen molar-refractivity contribution in [3.8, 4) is 0 Å². The fourth-order valence-electron chi connectivity index (χ4n) is 1.32. The third kappa shape index (κ3) is 2.63. The summed E-state index contributed by atoms with van der Waals surface area (Å²) in [7, 11) is 0. The molecule has 0 aliphatic heterocycles. The van der Waals surface area contributed by atoms with Gasteiger partial charge in [0.1, 0.15) is 0 Å². The number of aryl methyl sites for hydroxylation is 2. The maximum Gasteiger partial charge on any atom is 0.435 e. The van der Waals surface area contributed by atoms with Crippen molar-refractivity contribution >= 4 is 11.3 Å². The maximum atomic E-state index is 12.2. The summed E-state index contributed by atoms with van der Waals surface area (Å²) in [5, 5.41) is 5.42. The average Bonchev–Trinajstić information content (AvgIpc) is 2.85. The van der Waals surface area contributed by atoms with E-state index in [1.54, 1.807) is 11.3 Å². The molecular formula is C10H9F3N2S. The Hall–Kier alpha value is -1.30. The minimum absolute atomic E-state index is 0.469. The molecule has 0 amide bonds. The molecule has 0 aliphatic rings. The molecule has 86 valence electrons. The minimum atomic E-state index is -4.35. The first-order valence-corrected chi connectivity index (χ1v) is 5.57. The summed E-state index contributed by atoms with van der Waals surface area (Å²) in [6.07, 6.45) is -2.29. The van der Waals surface area contributed by atoms with Crippen molar-refractivity contribution in [3.05, 3.63) is 40.3 Å². The molecule has 0 aromatic carbocycles. The summed E-state index contributed by atoms with van der Waals surface area (Å²) in [6.45, 7) is 0.469. The lowest BCUT2D eigenvalue weighted by Gasteiger charge is -2.02. The molecule has 2 aromatic heterocycles. The summed E-state index contributed by atoms with van der Waals surface area (Å²) in [5.41, 5.74) is -0.835. The van der Waals surface area contributed by atoms with Gasteiger partial charge in [0.05, 0.1) is 0 Å². The topological polar surface area (TPSA) is 17.8 Å². The smallest absolute Gasteiger partial charge is 0.272 e. The summed E-state index contributed by atoms with van der Waals surface area (Å²) < 4.78 is 38.0. The van der Waals surface area contributed by atoms with E-state index in [9.17, 15) is 13.2 Å². The van der Waals surface area contributed by atoms with E-state index in [1.807, 2.05) is 17.5 Å². The van der Waals surface area contributed by atoms with Crippen LogP contribution in [0.3, 0.4) is 0 Å². The first-order valence-electron chi connectivity index (χ1n) is 4.69. The van der Waals surface area contributed by atoms with Gasteiger partial charge >= 0.3 is 6.18 Å². The molecule has 0 unspecified atom stereocenters. The summed E-state index contributed by atoms with van der Waals surface area (Å²) in [4.78, 5) is 1.14. The Kier molecular flexibility index (Phi) is 3.00. The van der Waals surface area contributed by atoms with Gasteiger partial charge in [0.25, 0.3) is 0 Å². The van der Waals surface area contributed by atoms with E-state index >= 15 is 0 Å². The minimum Gasteiger partial charge on any atom is -0.272 e. The molecule has 2 heterocycles. The van der Waals surface area contributed by atoms with Crippen molar-refractivity contribution in [1.82, 2.24) is 9.78 Å². The molecular weight excluding hydrogens is 237 g/mol. The number of halogens is 3. The van der Waals surface area contributed by atoms with Gasteiger partial charge in [-0.1, -0.05) is 6.07 Å². The quantitative estimate of drug-likeness (QED) is 0.813. The largest absolute Gasteiger partial charge is 0.435 e. The number of aromatic nitrogens is 2. The van der Waals surface area contributed by atoms with Crippen LogP contribution in [0.4, 0.5) is 13.2 Å².